The lowest BCUT2D eigenvalue weighted by atomic mass is 9.96. The second-order valence-corrected chi connectivity index (χ2v) is 6.15. The van der Waals surface area contributed by atoms with E-state index in [0.717, 1.165) is 32.5 Å². The van der Waals surface area contributed by atoms with Crippen molar-refractivity contribution in [3.05, 3.63) is 48.5 Å². The number of hydrogen-bond donors (Lipinski definition) is 1. The molecule has 4 rings (SSSR count). The van der Waals surface area contributed by atoms with Gasteiger partial charge in [-0.2, -0.15) is 4.98 Å². The lowest BCUT2D eigenvalue weighted by Gasteiger charge is -2.33. The zero-order chi connectivity index (χ0) is 16.4. The van der Waals surface area contributed by atoms with E-state index < -0.39 is 0 Å². The molecule has 0 bridgehead atoms. The third-order valence-corrected chi connectivity index (χ3v) is 4.53. The predicted molar refractivity (Wildman–Crippen MR) is 91.6 cm³/mol. The van der Waals surface area contributed by atoms with E-state index in [9.17, 15) is 4.39 Å². The Bertz CT molecular complexity index is 812. The molecular weight excluding hydrogens is 307 g/mol. The number of pyridine rings is 1. The first-order valence-corrected chi connectivity index (χ1v) is 8.23. The number of piperidine rings is 1. The number of rotatable bonds is 4. The number of aromatic nitrogens is 2. The SMILES string of the molecule is Fc1ccc2oc(NCC3CCN(c4ccncc4)CC3)nc2c1. The maximum Gasteiger partial charge on any atom is 0.295 e. The molecule has 3 heterocycles. The van der Waals surface area contributed by atoms with Crippen molar-refractivity contribution in [1.29, 1.82) is 0 Å². The maximum atomic E-state index is 13.2. The quantitative estimate of drug-likeness (QED) is 0.792. The van der Waals surface area contributed by atoms with Crippen molar-refractivity contribution in [3.63, 3.8) is 0 Å². The van der Waals surface area contributed by atoms with Gasteiger partial charge in [0, 0.05) is 43.8 Å². The minimum atomic E-state index is -0.300. The molecule has 0 atom stereocenters. The molecule has 0 unspecified atom stereocenters. The number of halogens is 1. The maximum absolute atomic E-state index is 13.2. The van der Waals surface area contributed by atoms with E-state index in [4.69, 9.17) is 4.42 Å². The summed E-state index contributed by atoms with van der Waals surface area (Å²) in [4.78, 5) is 10.7. The molecule has 24 heavy (non-hydrogen) atoms. The first-order chi connectivity index (χ1) is 11.8. The van der Waals surface area contributed by atoms with Crippen LogP contribution < -0.4 is 10.2 Å². The number of nitrogens with zero attached hydrogens (tertiary/aromatic N) is 3. The number of benzene rings is 1. The minimum Gasteiger partial charge on any atom is -0.424 e. The molecule has 5 nitrogen and oxygen atoms in total. The Morgan fingerprint density at radius 3 is 2.75 bits per heavy atom. The summed E-state index contributed by atoms with van der Waals surface area (Å²) in [7, 11) is 0. The van der Waals surface area contributed by atoms with Gasteiger partial charge in [0.25, 0.3) is 6.01 Å². The highest BCUT2D eigenvalue weighted by Crippen LogP contribution is 2.24. The Kier molecular flexibility index (Phi) is 4.02. The zero-order valence-corrected chi connectivity index (χ0v) is 13.3. The number of hydrogen-bond acceptors (Lipinski definition) is 5. The molecule has 1 aromatic carbocycles. The highest BCUT2D eigenvalue weighted by Gasteiger charge is 2.20. The predicted octanol–water partition coefficient (Wildman–Crippen LogP) is 3.69. The fourth-order valence-corrected chi connectivity index (χ4v) is 3.16. The van der Waals surface area contributed by atoms with Crippen LogP contribution >= 0.6 is 0 Å². The summed E-state index contributed by atoms with van der Waals surface area (Å²) in [6.07, 6.45) is 5.90. The van der Waals surface area contributed by atoms with Crippen LogP contribution in [0.4, 0.5) is 16.1 Å². The van der Waals surface area contributed by atoms with Gasteiger partial charge < -0.3 is 14.6 Å². The molecule has 1 aliphatic rings. The average Bonchev–Trinajstić information content (AvgIpc) is 3.03. The molecule has 1 fully saturated rings. The van der Waals surface area contributed by atoms with Gasteiger partial charge in [-0.3, -0.25) is 4.98 Å². The summed E-state index contributed by atoms with van der Waals surface area (Å²) in [5.74, 6) is 0.278. The Labute approximate surface area is 139 Å². The number of anilines is 2. The standard InChI is InChI=1S/C18H19FN4O/c19-14-1-2-17-16(11-14)22-18(24-17)21-12-13-5-9-23(10-6-13)15-3-7-20-8-4-15/h1-4,7-8,11,13H,5-6,9-10,12H2,(H,21,22). The van der Waals surface area contributed by atoms with E-state index in [2.05, 4.69) is 32.3 Å². The summed E-state index contributed by atoms with van der Waals surface area (Å²) in [6.45, 7) is 2.89. The normalized spacial score (nSPS) is 15.8. The van der Waals surface area contributed by atoms with Gasteiger partial charge in [0.15, 0.2) is 5.58 Å². The van der Waals surface area contributed by atoms with E-state index in [1.807, 2.05) is 12.4 Å². The van der Waals surface area contributed by atoms with Crippen molar-refractivity contribution in [1.82, 2.24) is 9.97 Å². The van der Waals surface area contributed by atoms with Crippen molar-refractivity contribution >= 4 is 22.8 Å². The van der Waals surface area contributed by atoms with Crippen LogP contribution in [0.1, 0.15) is 12.8 Å². The van der Waals surface area contributed by atoms with Gasteiger partial charge in [0.2, 0.25) is 0 Å². The van der Waals surface area contributed by atoms with Gasteiger partial charge in [0.1, 0.15) is 11.3 Å². The number of fused-ring (bicyclic) bond motifs is 1. The van der Waals surface area contributed by atoms with Crippen molar-refractivity contribution in [2.75, 3.05) is 29.9 Å². The van der Waals surface area contributed by atoms with E-state index in [1.165, 1.54) is 17.8 Å². The fourth-order valence-electron chi connectivity index (χ4n) is 3.16. The molecule has 0 aliphatic carbocycles. The molecule has 3 aromatic rings. The summed E-state index contributed by atoms with van der Waals surface area (Å²) in [5.41, 5.74) is 2.38. The van der Waals surface area contributed by atoms with E-state index in [1.54, 1.807) is 6.07 Å². The van der Waals surface area contributed by atoms with Gasteiger partial charge >= 0.3 is 0 Å². The molecule has 0 radical (unpaired) electrons. The number of nitrogens with one attached hydrogen (secondary N) is 1. The van der Waals surface area contributed by atoms with Crippen molar-refractivity contribution in [2.45, 2.75) is 12.8 Å². The Balaban J connectivity index is 1.32. The van der Waals surface area contributed by atoms with Crippen LogP contribution in [0, 0.1) is 11.7 Å². The highest BCUT2D eigenvalue weighted by molar-refractivity contribution is 5.74. The van der Waals surface area contributed by atoms with Crippen LogP contribution in [-0.2, 0) is 0 Å². The molecule has 0 amide bonds. The second kappa shape index (κ2) is 6.47. The third-order valence-electron chi connectivity index (χ3n) is 4.53. The average molecular weight is 326 g/mol. The van der Waals surface area contributed by atoms with E-state index in [-0.39, 0.29) is 5.82 Å². The minimum absolute atomic E-state index is 0.300. The van der Waals surface area contributed by atoms with Gasteiger partial charge in [0.05, 0.1) is 0 Å². The monoisotopic (exact) mass is 326 g/mol. The van der Waals surface area contributed by atoms with Crippen LogP contribution in [0.25, 0.3) is 11.1 Å². The highest BCUT2D eigenvalue weighted by atomic mass is 19.1. The Morgan fingerprint density at radius 1 is 1.17 bits per heavy atom. The smallest absolute Gasteiger partial charge is 0.295 e. The van der Waals surface area contributed by atoms with Crippen molar-refractivity contribution < 1.29 is 8.81 Å². The first kappa shape index (κ1) is 14.9. The van der Waals surface area contributed by atoms with Gasteiger partial charge in [-0.1, -0.05) is 0 Å². The second-order valence-electron chi connectivity index (χ2n) is 6.15. The molecule has 0 spiro atoms. The van der Waals surface area contributed by atoms with Crippen LogP contribution in [-0.4, -0.2) is 29.6 Å². The topological polar surface area (TPSA) is 54.2 Å². The molecular formula is C18H19FN4O. The lowest BCUT2D eigenvalue weighted by molar-refractivity contribution is 0.419. The zero-order valence-electron chi connectivity index (χ0n) is 13.3. The third kappa shape index (κ3) is 3.18. The van der Waals surface area contributed by atoms with Crippen molar-refractivity contribution in [3.8, 4) is 0 Å². The van der Waals surface area contributed by atoms with Crippen molar-refractivity contribution in [2.24, 2.45) is 5.92 Å². The Hall–Kier alpha value is -2.63. The summed E-state index contributed by atoms with van der Waals surface area (Å²) in [5, 5.41) is 3.25. The van der Waals surface area contributed by atoms with Gasteiger partial charge in [-0.25, -0.2) is 4.39 Å². The molecule has 0 saturated carbocycles. The van der Waals surface area contributed by atoms with Crippen LogP contribution in [0.15, 0.2) is 47.1 Å². The summed E-state index contributed by atoms with van der Waals surface area (Å²) < 4.78 is 18.8. The van der Waals surface area contributed by atoms with Gasteiger partial charge in [-0.05, 0) is 43.0 Å². The first-order valence-electron chi connectivity index (χ1n) is 8.23. The molecule has 2 aromatic heterocycles. The summed E-state index contributed by atoms with van der Waals surface area (Å²) >= 11 is 0. The summed E-state index contributed by atoms with van der Waals surface area (Å²) in [6, 6.07) is 8.94. The lowest BCUT2D eigenvalue weighted by Crippen LogP contribution is -2.35. The largest absolute Gasteiger partial charge is 0.424 e. The molecule has 6 heteroatoms. The van der Waals surface area contributed by atoms with Gasteiger partial charge in [-0.15, -0.1) is 0 Å². The van der Waals surface area contributed by atoms with Crippen LogP contribution in [0.2, 0.25) is 0 Å². The molecule has 1 aliphatic heterocycles. The van der Waals surface area contributed by atoms with Crippen LogP contribution in [0.3, 0.4) is 0 Å². The van der Waals surface area contributed by atoms with E-state index >= 15 is 0 Å². The fraction of sp³-hybridized carbons (Fsp3) is 0.333. The molecule has 1 saturated heterocycles. The number of oxazole rings is 1. The van der Waals surface area contributed by atoms with E-state index in [0.29, 0.717) is 23.0 Å². The molecule has 124 valence electrons. The Morgan fingerprint density at radius 2 is 1.96 bits per heavy atom. The van der Waals surface area contributed by atoms with Crippen LogP contribution in [0.5, 0.6) is 0 Å². The molecule has 1 N–H and O–H groups in total.